The zero-order valence-electron chi connectivity index (χ0n) is 9.84. The maximum atomic E-state index is 6.20. The molecule has 16 heavy (non-hydrogen) atoms. The number of hydrogen-bond donors (Lipinski definition) is 0. The second-order valence-corrected chi connectivity index (χ2v) is 4.67. The number of benzene rings is 2. The molecule has 0 N–H and O–H groups in total. The molecule has 0 radical (unpaired) electrons. The Hall–Kier alpha value is -1.27. The maximum absolute atomic E-state index is 6.20. The van der Waals surface area contributed by atoms with Crippen LogP contribution in [0.15, 0.2) is 36.4 Å². The predicted molar refractivity (Wildman–Crippen MR) is 71.1 cm³/mol. The van der Waals surface area contributed by atoms with Crippen molar-refractivity contribution in [1.82, 2.24) is 0 Å². The van der Waals surface area contributed by atoms with Gasteiger partial charge in [0.15, 0.2) is 0 Å². The van der Waals surface area contributed by atoms with Crippen molar-refractivity contribution in [3.63, 3.8) is 0 Å². The smallest absolute Gasteiger partial charge is 0.0443 e. The van der Waals surface area contributed by atoms with Crippen LogP contribution in [0.1, 0.15) is 16.7 Å². The molecule has 0 saturated heterocycles. The summed E-state index contributed by atoms with van der Waals surface area (Å²) in [5, 5.41) is 0.843. The van der Waals surface area contributed by atoms with E-state index in [9.17, 15) is 0 Å². The van der Waals surface area contributed by atoms with Gasteiger partial charge in [-0.05, 0) is 49.1 Å². The molecule has 0 aromatic heterocycles. The summed E-state index contributed by atoms with van der Waals surface area (Å²) in [6, 6.07) is 12.7. The second-order valence-electron chi connectivity index (χ2n) is 4.27. The fraction of sp³-hybridized carbons (Fsp3) is 0.200. The molecule has 2 rings (SSSR count). The molecule has 0 atom stereocenters. The van der Waals surface area contributed by atoms with Crippen molar-refractivity contribution < 1.29 is 0 Å². The molecule has 0 aliphatic carbocycles. The highest BCUT2D eigenvalue weighted by molar-refractivity contribution is 6.31. The Morgan fingerprint density at radius 2 is 1.44 bits per heavy atom. The summed E-state index contributed by atoms with van der Waals surface area (Å²) < 4.78 is 0. The fourth-order valence-electron chi connectivity index (χ4n) is 1.73. The highest BCUT2D eigenvalue weighted by atomic mass is 35.5. The normalized spacial score (nSPS) is 10.5. The largest absolute Gasteiger partial charge is 0.0840 e. The molecular weight excluding hydrogens is 216 g/mol. The molecule has 0 bridgehead atoms. The van der Waals surface area contributed by atoms with Crippen LogP contribution >= 0.6 is 11.6 Å². The number of halogens is 1. The van der Waals surface area contributed by atoms with E-state index in [4.69, 9.17) is 11.6 Å². The Morgan fingerprint density at radius 1 is 0.812 bits per heavy atom. The summed E-state index contributed by atoms with van der Waals surface area (Å²) >= 11 is 6.20. The number of rotatable bonds is 1. The number of aryl methyl sites for hydroxylation is 2. The molecule has 0 aliphatic heterocycles. The molecule has 0 nitrogen and oxygen atoms in total. The first-order valence-electron chi connectivity index (χ1n) is 5.42. The van der Waals surface area contributed by atoms with Gasteiger partial charge in [-0.25, -0.2) is 0 Å². The highest BCUT2D eigenvalue weighted by Gasteiger charge is 2.04. The summed E-state index contributed by atoms with van der Waals surface area (Å²) in [5.74, 6) is 0. The van der Waals surface area contributed by atoms with E-state index >= 15 is 0 Å². The molecule has 0 unspecified atom stereocenters. The topological polar surface area (TPSA) is 0 Å². The van der Waals surface area contributed by atoms with E-state index in [0.29, 0.717) is 0 Å². The Kier molecular flexibility index (Phi) is 3.02. The molecule has 0 saturated carbocycles. The quantitative estimate of drug-likeness (QED) is 0.652. The van der Waals surface area contributed by atoms with Gasteiger partial charge >= 0.3 is 0 Å². The SMILES string of the molecule is Cc1ccc(-c2cc(C)c(C)c(Cl)c2)cc1. The standard InChI is InChI=1S/C15H15Cl/c1-10-4-6-13(7-5-10)14-8-11(2)12(3)15(16)9-14/h4-9H,1-3H3. The van der Waals surface area contributed by atoms with Crippen molar-refractivity contribution in [2.75, 3.05) is 0 Å². The van der Waals surface area contributed by atoms with E-state index in [-0.39, 0.29) is 0 Å². The molecule has 2 aromatic carbocycles. The number of hydrogen-bond acceptors (Lipinski definition) is 0. The minimum Gasteiger partial charge on any atom is -0.0840 e. The van der Waals surface area contributed by atoms with Crippen LogP contribution in [0.4, 0.5) is 0 Å². The molecule has 0 amide bonds. The van der Waals surface area contributed by atoms with Crippen LogP contribution in [-0.4, -0.2) is 0 Å². The van der Waals surface area contributed by atoms with Crippen LogP contribution in [0, 0.1) is 20.8 Å². The first-order chi connectivity index (χ1) is 7.58. The summed E-state index contributed by atoms with van der Waals surface area (Å²) in [6.07, 6.45) is 0. The maximum Gasteiger partial charge on any atom is 0.0443 e. The van der Waals surface area contributed by atoms with E-state index in [2.05, 4.69) is 51.1 Å². The Morgan fingerprint density at radius 3 is 2.00 bits per heavy atom. The Labute approximate surface area is 102 Å². The lowest BCUT2D eigenvalue weighted by molar-refractivity contribution is 1.34. The van der Waals surface area contributed by atoms with Crippen LogP contribution in [0.25, 0.3) is 11.1 Å². The van der Waals surface area contributed by atoms with Crippen LogP contribution in [-0.2, 0) is 0 Å². The third kappa shape index (κ3) is 2.12. The van der Waals surface area contributed by atoms with Gasteiger partial charge in [-0.1, -0.05) is 47.5 Å². The zero-order chi connectivity index (χ0) is 11.7. The fourth-order valence-corrected chi connectivity index (χ4v) is 2.00. The van der Waals surface area contributed by atoms with Gasteiger partial charge < -0.3 is 0 Å². The molecule has 2 aromatic rings. The predicted octanol–water partition coefficient (Wildman–Crippen LogP) is 4.93. The molecule has 82 valence electrons. The van der Waals surface area contributed by atoms with Crippen molar-refractivity contribution in [2.45, 2.75) is 20.8 Å². The van der Waals surface area contributed by atoms with Crippen molar-refractivity contribution in [3.05, 3.63) is 58.1 Å². The Bertz CT molecular complexity index is 486. The van der Waals surface area contributed by atoms with E-state index in [1.807, 2.05) is 6.07 Å². The monoisotopic (exact) mass is 230 g/mol. The molecule has 0 fully saturated rings. The van der Waals surface area contributed by atoms with Gasteiger partial charge in [-0.3, -0.25) is 0 Å². The van der Waals surface area contributed by atoms with Crippen molar-refractivity contribution >= 4 is 11.6 Å². The third-order valence-corrected chi connectivity index (χ3v) is 3.38. The lowest BCUT2D eigenvalue weighted by Gasteiger charge is -2.08. The molecule has 1 heteroatoms. The van der Waals surface area contributed by atoms with E-state index < -0.39 is 0 Å². The van der Waals surface area contributed by atoms with Gasteiger partial charge in [0.2, 0.25) is 0 Å². The van der Waals surface area contributed by atoms with E-state index in [0.717, 1.165) is 10.6 Å². The minimum atomic E-state index is 0.843. The zero-order valence-corrected chi connectivity index (χ0v) is 10.6. The molecule has 0 aliphatic rings. The van der Waals surface area contributed by atoms with Crippen LogP contribution in [0.5, 0.6) is 0 Å². The van der Waals surface area contributed by atoms with Gasteiger partial charge in [-0.2, -0.15) is 0 Å². The van der Waals surface area contributed by atoms with Gasteiger partial charge in [0.25, 0.3) is 0 Å². The lowest BCUT2D eigenvalue weighted by atomic mass is 10.00. The highest BCUT2D eigenvalue weighted by Crippen LogP contribution is 2.28. The lowest BCUT2D eigenvalue weighted by Crippen LogP contribution is -1.86. The minimum absolute atomic E-state index is 0.843. The van der Waals surface area contributed by atoms with Crippen molar-refractivity contribution in [3.8, 4) is 11.1 Å². The van der Waals surface area contributed by atoms with Crippen LogP contribution < -0.4 is 0 Å². The average Bonchev–Trinajstić information content (AvgIpc) is 2.26. The third-order valence-electron chi connectivity index (χ3n) is 2.99. The van der Waals surface area contributed by atoms with Crippen molar-refractivity contribution in [1.29, 1.82) is 0 Å². The van der Waals surface area contributed by atoms with Gasteiger partial charge in [0.05, 0.1) is 0 Å². The summed E-state index contributed by atoms with van der Waals surface area (Å²) in [5.41, 5.74) is 6.09. The van der Waals surface area contributed by atoms with Crippen LogP contribution in [0.3, 0.4) is 0 Å². The van der Waals surface area contributed by atoms with Gasteiger partial charge in [0.1, 0.15) is 0 Å². The van der Waals surface area contributed by atoms with E-state index in [1.54, 1.807) is 0 Å². The molecule has 0 heterocycles. The summed E-state index contributed by atoms with van der Waals surface area (Å²) in [4.78, 5) is 0. The van der Waals surface area contributed by atoms with Crippen LogP contribution in [0.2, 0.25) is 5.02 Å². The first-order valence-corrected chi connectivity index (χ1v) is 5.79. The molecular formula is C15H15Cl. The van der Waals surface area contributed by atoms with E-state index in [1.165, 1.54) is 22.3 Å². The summed E-state index contributed by atoms with van der Waals surface area (Å²) in [6.45, 7) is 6.24. The van der Waals surface area contributed by atoms with Gasteiger partial charge in [-0.15, -0.1) is 0 Å². The van der Waals surface area contributed by atoms with Crippen molar-refractivity contribution in [2.24, 2.45) is 0 Å². The Balaban J connectivity index is 2.52. The molecule has 0 spiro atoms. The summed E-state index contributed by atoms with van der Waals surface area (Å²) in [7, 11) is 0. The second kappa shape index (κ2) is 4.31. The average molecular weight is 231 g/mol. The van der Waals surface area contributed by atoms with Gasteiger partial charge in [0, 0.05) is 5.02 Å². The first kappa shape index (κ1) is 11.2.